The first-order valence-corrected chi connectivity index (χ1v) is 10.0. The van der Waals surface area contributed by atoms with Crippen molar-refractivity contribution in [3.05, 3.63) is 81.8 Å². The van der Waals surface area contributed by atoms with E-state index < -0.39 is 23.5 Å². The zero-order valence-corrected chi connectivity index (χ0v) is 17.2. The fraction of sp³-hybridized carbons (Fsp3) is 0.130. The number of carbonyl (C=O) groups excluding carboxylic acids is 3. The van der Waals surface area contributed by atoms with Gasteiger partial charge in [-0.25, -0.2) is 4.39 Å². The minimum absolute atomic E-state index is 0.131. The van der Waals surface area contributed by atoms with Crippen LogP contribution in [0.2, 0.25) is 5.02 Å². The van der Waals surface area contributed by atoms with Crippen LogP contribution < -0.4 is 5.43 Å². The Kier molecular flexibility index (Phi) is 5.52. The van der Waals surface area contributed by atoms with Crippen LogP contribution >= 0.6 is 11.6 Å². The lowest BCUT2D eigenvalue weighted by atomic mass is 10.0. The average Bonchev–Trinajstić information content (AvgIpc) is 2.99. The van der Waals surface area contributed by atoms with Gasteiger partial charge in [0.15, 0.2) is 0 Å². The summed E-state index contributed by atoms with van der Waals surface area (Å²) in [5, 5.41) is 1.39. The predicted octanol–water partition coefficient (Wildman–Crippen LogP) is 4.32. The number of halogens is 2. The lowest BCUT2D eigenvalue weighted by Crippen LogP contribution is -2.45. The predicted molar refractivity (Wildman–Crippen MR) is 115 cm³/mol. The molecular formula is C23H17ClFN3O3. The first kappa shape index (κ1) is 20.7. The van der Waals surface area contributed by atoms with Crippen LogP contribution in [0.1, 0.15) is 45.3 Å². The Morgan fingerprint density at radius 2 is 1.90 bits per heavy atom. The Labute approximate surface area is 182 Å². The fourth-order valence-corrected chi connectivity index (χ4v) is 3.73. The molecule has 0 spiro atoms. The molecule has 0 saturated carbocycles. The molecule has 1 aliphatic heterocycles. The summed E-state index contributed by atoms with van der Waals surface area (Å²) in [4.78, 5) is 43.0. The molecule has 0 unspecified atom stereocenters. The Morgan fingerprint density at radius 3 is 2.65 bits per heavy atom. The van der Waals surface area contributed by atoms with E-state index in [2.05, 4.69) is 10.4 Å². The van der Waals surface area contributed by atoms with Crippen LogP contribution in [0.3, 0.4) is 0 Å². The molecule has 0 atom stereocenters. The van der Waals surface area contributed by atoms with Crippen molar-refractivity contribution in [3.63, 3.8) is 0 Å². The van der Waals surface area contributed by atoms with Crippen molar-refractivity contribution < 1.29 is 18.8 Å². The van der Waals surface area contributed by atoms with Gasteiger partial charge in [0.2, 0.25) is 0 Å². The molecule has 3 amide bonds. The molecule has 0 radical (unpaired) electrons. The molecular weight excluding hydrogens is 421 g/mol. The van der Waals surface area contributed by atoms with E-state index >= 15 is 0 Å². The third-order valence-electron chi connectivity index (χ3n) is 4.89. The Bertz CT molecular complexity index is 1270. The number of hydrogen-bond donors (Lipinski definition) is 1. The first-order chi connectivity index (χ1) is 14.9. The molecule has 6 nitrogen and oxygen atoms in total. The van der Waals surface area contributed by atoms with E-state index in [0.717, 1.165) is 18.6 Å². The molecule has 0 aliphatic carbocycles. The zero-order valence-electron chi connectivity index (χ0n) is 16.5. The van der Waals surface area contributed by atoms with Gasteiger partial charge < -0.3 is 0 Å². The highest BCUT2D eigenvalue weighted by Crippen LogP contribution is 2.31. The van der Waals surface area contributed by atoms with Gasteiger partial charge in [0, 0.05) is 11.5 Å². The SMILES string of the molecule is CCCc1nc2ccccc2c2c1C(=O)N(NC(=O)C=Cc1ccc(F)cc1Cl)C2=O. The molecule has 0 fully saturated rings. The number of amides is 3. The van der Waals surface area contributed by atoms with Gasteiger partial charge in [-0.3, -0.25) is 24.8 Å². The molecule has 1 aliphatic rings. The van der Waals surface area contributed by atoms with Crippen molar-refractivity contribution in [2.24, 2.45) is 0 Å². The van der Waals surface area contributed by atoms with Crippen LogP contribution in [0.4, 0.5) is 4.39 Å². The minimum atomic E-state index is -0.704. The lowest BCUT2D eigenvalue weighted by molar-refractivity contribution is -0.119. The number of aromatic nitrogens is 1. The van der Waals surface area contributed by atoms with Crippen LogP contribution in [0.5, 0.6) is 0 Å². The highest BCUT2D eigenvalue weighted by atomic mass is 35.5. The summed E-state index contributed by atoms with van der Waals surface area (Å²) in [5.41, 5.74) is 4.34. The van der Waals surface area contributed by atoms with Crippen LogP contribution in [-0.2, 0) is 11.2 Å². The van der Waals surface area contributed by atoms with Gasteiger partial charge in [-0.15, -0.1) is 0 Å². The number of nitrogens with zero attached hydrogens (tertiary/aromatic N) is 2. The fourth-order valence-electron chi connectivity index (χ4n) is 3.50. The van der Waals surface area contributed by atoms with Gasteiger partial charge in [0.1, 0.15) is 5.82 Å². The van der Waals surface area contributed by atoms with E-state index in [0.29, 0.717) is 33.6 Å². The highest BCUT2D eigenvalue weighted by molar-refractivity contribution is 6.32. The number of fused-ring (bicyclic) bond motifs is 3. The summed E-state index contributed by atoms with van der Waals surface area (Å²) in [6, 6.07) is 10.8. The molecule has 156 valence electrons. The molecule has 2 heterocycles. The van der Waals surface area contributed by atoms with Gasteiger partial charge >= 0.3 is 0 Å². The largest absolute Gasteiger partial charge is 0.282 e. The van der Waals surface area contributed by atoms with Crippen LogP contribution in [0, 0.1) is 5.82 Å². The van der Waals surface area contributed by atoms with Gasteiger partial charge in [-0.05, 0) is 36.3 Å². The number of para-hydroxylation sites is 1. The summed E-state index contributed by atoms with van der Waals surface area (Å²) < 4.78 is 13.2. The van der Waals surface area contributed by atoms with Crippen LogP contribution in [-0.4, -0.2) is 27.7 Å². The maximum Gasteiger partial charge on any atom is 0.282 e. The number of nitrogens with one attached hydrogen (secondary N) is 1. The van der Waals surface area contributed by atoms with Gasteiger partial charge in [0.25, 0.3) is 17.7 Å². The number of pyridine rings is 1. The van der Waals surface area contributed by atoms with Crippen molar-refractivity contribution in [1.82, 2.24) is 15.4 Å². The zero-order chi connectivity index (χ0) is 22.1. The third-order valence-corrected chi connectivity index (χ3v) is 5.21. The maximum atomic E-state index is 13.2. The summed E-state index contributed by atoms with van der Waals surface area (Å²) in [7, 11) is 0. The molecule has 4 rings (SSSR count). The summed E-state index contributed by atoms with van der Waals surface area (Å²) >= 11 is 5.94. The van der Waals surface area contributed by atoms with E-state index in [9.17, 15) is 18.8 Å². The maximum absolute atomic E-state index is 13.2. The number of hydrazine groups is 1. The molecule has 2 aromatic carbocycles. The molecule has 0 saturated heterocycles. The van der Waals surface area contributed by atoms with E-state index in [-0.39, 0.29) is 16.1 Å². The van der Waals surface area contributed by atoms with Crippen molar-refractivity contribution in [1.29, 1.82) is 0 Å². The van der Waals surface area contributed by atoms with Gasteiger partial charge in [-0.1, -0.05) is 49.2 Å². The lowest BCUT2D eigenvalue weighted by Gasteiger charge is -2.13. The molecule has 1 N–H and O–H groups in total. The molecule has 0 bridgehead atoms. The number of benzene rings is 2. The van der Waals surface area contributed by atoms with E-state index in [4.69, 9.17) is 11.6 Å². The summed E-state index contributed by atoms with van der Waals surface area (Å²) in [6.07, 6.45) is 3.75. The molecule has 3 aromatic rings. The van der Waals surface area contributed by atoms with Crippen LogP contribution in [0.15, 0.2) is 48.5 Å². The third kappa shape index (κ3) is 3.80. The first-order valence-electron chi connectivity index (χ1n) is 9.65. The second kappa shape index (κ2) is 8.28. The Hall–Kier alpha value is -3.58. The number of aryl methyl sites for hydroxylation is 1. The molecule has 31 heavy (non-hydrogen) atoms. The summed E-state index contributed by atoms with van der Waals surface area (Å²) in [6.45, 7) is 1.95. The van der Waals surface area contributed by atoms with E-state index in [1.165, 1.54) is 18.2 Å². The molecule has 1 aromatic heterocycles. The van der Waals surface area contributed by atoms with E-state index in [1.54, 1.807) is 18.2 Å². The highest BCUT2D eigenvalue weighted by Gasteiger charge is 2.40. The number of rotatable bonds is 5. The van der Waals surface area contributed by atoms with E-state index in [1.807, 2.05) is 13.0 Å². The van der Waals surface area contributed by atoms with Crippen LogP contribution in [0.25, 0.3) is 17.0 Å². The number of imide groups is 1. The Morgan fingerprint density at radius 1 is 1.16 bits per heavy atom. The second-order valence-electron chi connectivity index (χ2n) is 7.00. The normalized spacial score (nSPS) is 13.3. The monoisotopic (exact) mass is 437 g/mol. The summed E-state index contributed by atoms with van der Waals surface area (Å²) in [5.74, 6) is -2.44. The van der Waals surface area contributed by atoms with Crippen molar-refractivity contribution in [2.45, 2.75) is 19.8 Å². The minimum Gasteiger partial charge on any atom is -0.268 e. The average molecular weight is 438 g/mol. The number of carbonyl (C=O) groups is 3. The van der Waals surface area contributed by atoms with Crippen molar-refractivity contribution >= 4 is 46.3 Å². The topological polar surface area (TPSA) is 79.4 Å². The van der Waals surface area contributed by atoms with Gasteiger partial charge in [-0.2, -0.15) is 5.01 Å². The van der Waals surface area contributed by atoms with Gasteiger partial charge in [0.05, 0.1) is 27.4 Å². The van der Waals surface area contributed by atoms with Crippen molar-refractivity contribution in [3.8, 4) is 0 Å². The van der Waals surface area contributed by atoms with Crippen molar-refractivity contribution in [2.75, 3.05) is 0 Å². The molecule has 8 heteroatoms. The second-order valence-corrected chi connectivity index (χ2v) is 7.40. The Balaban J connectivity index is 1.64. The smallest absolute Gasteiger partial charge is 0.268 e. The standard InChI is InChI=1S/C23H17ClFN3O3/c1-2-5-18-21-20(15-6-3-4-7-17(15)26-18)22(30)28(23(21)31)27-19(29)11-9-13-8-10-14(25)12-16(13)24/h3-4,6-12H,2,5H2,1H3,(H,27,29). The number of hydrogen-bond acceptors (Lipinski definition) is 4. The quantitative estimate of drug-likeness (QED) is 0.476.